The lowest BCUT2D eigenvalue weighted by atomic mass is 10.1. The standard InChI is InChI=1S/C28H29Cl3N8O2/c29-17-7-9-18(10-8-17)33-28(32)38-13-11-37(12-14-38)26-21(16-40)34-25-24(19-4-3-5-20(30)23(19)31)36-39(27(25)35-26)22-6-1-2-15-41-22/h3-5,7-10,22,40H,1-2,6,11-16H2,(H2,32,33). The summed E-state index contributed by atoms with van der Waals surface area (Å²) in [6.07, 6.45) is 2.56. The van der Waals surface area contributed by atoms with E-state index in [-0.39, 0.29) is 12.8 Å². The van der Waals surface area contributed by atoms with Crippen molar-refractivity contribution < 1.29 is 9.84 Å². The summed E-state index contributed by atoms with van der Waals surface area (Å²) in [5.74, 6) is 1.04. The number of nitrogens with zero attached hydrogens (tertiary/aromatic N) is 7. The van der Waals surface area contributed by atoms with Gasteiger partial charge < -0.3 is 25.4 Å². The van der Waals surface area contributed by atoms with Gasteiger partial charge in [0.2, 0.25) is 0 Å². The summed E-state index contributed by atoms with van der Waals surface area (Å²) in [4.78, 5) is 18.6. The Labute approximate surface area is 252 Å². The molecule has 2 fully saturated rings. The molecule has 3 N–H and O–H groups in total. The number of ether oxygens (including phenoxy) is 1. The normalized spacial score (nSPS) is 18.3. The van der Waals surface area contributed by atoms with Crippen molar-refractivity contribution in [2.75, 3.05) is 37.7 Å². The van der Waals surface area contributed by atoms with Crippen molar-refractivity contribution in [1.82, 2.24) is 24.6 Å². The lowest BCUT2D eigenvalue weighted by Gasteiger charge is -2.36. The topological polar surface area (TPSA) is 118 Å². The van der Waals surface area contributed by atoms with E-state index in [9.17, 15) is 5.11 Å². The minimum absolute atomic E-state index is 0.277. The van der Waals surface area contributed by atoms with Crippen molar-refractivity contribution in [1.29, 1.82) is 0 Å². The van der Waals surface area contributed by atoms with Gasteiger partial charge in [-0.05, 0) is 49.6 Å². The van der Waals surface area contributed by atoms with Crippen LogP contribution in [0.15, 0.2) is 47.5 Å². The molecule has 10 nitrogen and oxygen atoms in total. The molecule has 2 aromatic heterocycles. The van der Waals surface area contributed by atoms with Crippen molar-refractivity contribution in [3.63, 3.8) is 0 Å². The third-order valence-corrected chi connectivity index (χ3v) is 8.41. The van der Waals surface area contributed by atoms with E-state index < -0.39 is 0 Å². The van der Waals surface area contributed by atoms with Gasteiger partial charge in [0.15, 0.2) is 23.7 Å². The molecule has 214 valence electrons. The number of nitrogens with two attached hydrogens (primary N) is 1. The fourth-order valence-electron chi connectivity index (χ4n) is 5.18. The van der Waals surface area contributed by atoms with Crippen LogP contribution < -0.4 is 10.6 Å². The molecule has 2 aliphatic rings. The van der Waals surface area contributed by atoms with Crippen LogP contribution in [0.4, 0.5) is 11.5 Å². The van der Waals surface area contributed by atoms with Gasteiger partial charge in [-0.2, -0.15) is 5.10 Å². The van der Waals surface area contributed by atoms with Gasteiger partial charge in [0.05, 0.1) is 22.3 Å². The van der Waals surface area contributed by atoms with E-state index in [0.29, 0.717) is 87.7 Å². The number of aliphatic imine (C=N–C) groups is 1. The highest BCUT2D eigenvalue weighted by Crippen LogP contribution is 2.38. The number of hydrogen-bond donors (Lipinski definition) is 2. The maximum Gasteiger partial charge on any atom is 0.196 e. The van der Waals surface area contributed by atoms with Crippen LogP contribution in [0, 0.1) is 0 Å². The molecule has 0 spiro atoms. The molecule has 0 bridgehead atoms. The zero-order valence-electron chi connectivity index (χ0n) is 22.2. The van der Waals surface area contributed by atoms with Crippen LogP contribution >= 0.6 is 34.8 Å². The molecular weight excluding hydrogens is 587 g/mol. The fraction of sp³-hybridized carbons (Fsp3) is 0.357. The Kier molecular flexibility index (Phi) is 8.19. The van der Waals surface area contributed by atoms with Gasteiger partial charge in [-0.15, -0.1) is 0 Å². The van der Waals surface area contributed by atoms with Gasteiger partial charge in [0, 0.05) is 43.4 Å². The number of rotatable bonds is 5. The number of fused-ring (bicyclic) bond motifs is 1. The predicted molar refractivity (Wildman–Crippen MR) is 162 cm³/mol. The quantitative estimate of drug-likeness (QED) is 0.226. The second kappa shape index (κ2) is 12.0. The van der Waals surface area contributed by atoms with Crippen molar-refractivity contribution in [2.45, 2.75) is 32.1 Å². The molecule has 1 atom stereocenters. The first-order valence-corrected chi connectivity index (χ1v) is 14.6. The van der Waals surface area contributed by atoms with E-state index in [1.54, 1.807) is 22.9 Å². The predicted octanol–water partition coefficient (Wildman–Crippen LogP) is 5.41. The largest absolute Gasteiger partial charge is 0.390 e. The van der Waals surface area contributed by atoms with Crippen LogP contribution in [0.2, 0.25) is 15.1 Å². The Morgan fingerprint density at radius 1 is 1.02 bits per heavy atom. The lowest BCUT2D eigenvalue weighted by molar-refractivity contribution is -0.0368. The van der Waals surface area contributed by atoms with Gasteiger partial charge in [0.25, 0.3) is 0 Å². The van der Waals surface area contributed by atoms with E-state index in [4.69, 9.17) is 60.3 Å². The molecule has 0 amide bonds. The Morgan fingerprint density at radius 3 is 2.51 bits per heavy atom. The van der Waals surface area contributed by atoms with E-state index in [1.807, 2.05) is 29.2 Å². The highest BCUT2D eigenvalue weighted by molar-refractivity contribution is 6.43. The van der Waals surface area contributed by atoms with Gasteiger partial charge >= 0.3 is 0 Å². The summed E-state index contributed by atoms with van der Waals surface area (Å²) in [5.41, 5.74) is 9.82. The SMILES string of the molecule is NC(=Nc1ccc(Cl)cc1)N1CCN(c2nc3c(nc2CO)c(-c2cccc(Cl)c2Cl)nn3C2CCCCO2)CC1. The molecule has 4 heterocycles. The Bertz CT molecular complexity index is 1580. The average Bonchev–Trinajstić information content (AvgIpc) is 3.37. The second-order valence-electron chi connectivity index (χ2n) is 9.96. The van der Waals surface area contributed by atoms with Crippen molar-refractivity contribution in [2.24, 2.45) is 10.7 Å². The minimum atomic E-state index is -0.285. The van der Waals surface area contributed by atoms with Gasteiger partial charge in [-0.1, -0.05) is 46.9 Å². The van der Waals surface area contributed by atoms with Crippen molar-refractivity contribution in [3.05, 3.63) is 63.2 Å². The summed E-state index contributed by atoms with van der Waals surface area (Å²) in [6.45, 7) is 2.85. The Hall–Kier alpha value is -3.15. The molecule has 41 heavy (non-hydrogen) atoms. The summed E-state index contributed by atoms with van der Waals surface area (Å²) in [5, 5.41) is 16.7. The molecule has 0 aliphatic carbocycles. The molecule has 2 aliphatic heterocycles. The lowest BCUT2D eigenvalue weighted by Crippen LogP contribution is -2.51. The third kappa shape index (κ3) is 5.67. The maximum absolute atomic E-state index is 10.4. The number of guanidine groups is 1. The van der Waals surface area contributed by atoms with E-state index in [0.717, 1.165) is 24.9 Å². The molecule has 0 saturated carbocycles. The number of hydrogen-bond acceptors (Lipinski definition) is 7. The number of anilines is 1. The minimum Gasteiger partial charge on any atom is -0.390 e. The van der Waals surface area contributed by atoms with Crippen LogP contribution in [0.3, 0.4) is 0 Å². The third-order valence-electron chi connectivity index (χ3n) is 7.34. The smallest absolute Gasteiger partial charge is 0.196 e. The number of piperazine rings is 1. The van der Waals surface area contributed by atoms with Crippen LogP contribution in [-0.2, 0) is 11.3 Å². The Morgan fingerprint density at radius 2 is 1.80 bits per heavy atom. The van der Waals surface area contributed by atoms with Crippen LogP contribution in [0.1, 0.15) is 31.2 Å². The molecule has 2 saturated heterocycles. The molecule has 13 heteroatoms. The molecule has 0 radical (unpaired) electrons. The van der Waals surface area contributed by atoms with Crippen LogP contribution in [0.25, 0.3) is 22.4 Å². The fourth-order valence-corrected chi connectivity index (χ4v) is 5.70. The molecule has 6 rings (SSSR count). The number of halogens is 3. The highest BCUT2D eigenvalue weighted by atomic mass is 35.5. The molecule has 4 aromatic rings. The number of aliphatic hydroxyl groups is 1. The summed E-state index contributed by atoms with van der Waals surface area (Å²) < 4.78 is 7.88. The zero-order valence-corrected chi connectivity index (χ0v) is 24.4. The number of aliphatic hydroxyl groups excluding tert-OH is 1. The van der Waals surface area contributed by atoms with Gasteiger partial charge in [-0.25, -0.2) is 19.6 Å². The first kappa shape index (κ1) is 28.0. The summed E-state index contributed by atoms with van der Waals surface area (Å²) >= 11 is 18.9. The molecule has 2 aromatic carbocycles. The zero-order chi connectivity index (χ0) is 28.5. The monoisotopic (exact) mass is 614 g/mol. The van der Waals surface area contributed by atoms with Crippen LogP contribution in [-0.4, -0.2) is 68.5 Å². The summed E-state index contributed by atoms with van der Waals surface area (Å²) in [6, 6.07) is 12.6. The second-order valence-corrected chi connectivity index (χ2v) is 11.2. The Balaban J connectivity index is 1.34. The van der Waals surface area contributed by atoms with Gasteiger partial charge in [0.1, 0.15) is 16.9 Å². The molecule has 1 unspecified atom stereocenters. The first-order chi connectivity index (χ1) is 19.9. The van der Waals surface area contributed by atoms with E-state index in [1.165, 1.54) is 0 Å². The van der Waals surface area contributed by atoms with E-state index in [2.05, 4.69) is 9.89 Å². The number of aromatic nitrogens is 4. The van der Waals surface area contributed by atoms with Crippen molar-refractivity contribution >= 4 is 63.4 Å². The summed E-state index contributed by atoms with van der Waals surface area (Å²) in [7, 11) is 0. The van der Waals surface area contributed by atoms with Crippen LogP contribution in [0.5, 0.6) is 0 Å². The molecular formula is C28H29Cl3N8O2. The van der Waals surface area contributed by atoms with Crippen molar-refractivity contribution in [3.8, 4) is 11.3 Å². The first-order valence-electron chi connectivity index (χ1n) is 13.5. The highest BCUT2D eigenvalue weighted by Gasteiger charge is 2.28. The van der Waals surface area contributed by atoms with Gasteiger partial charge in [-0.3, -0.25) is 0 Å². The average molecular weight is 616 g/mol. The number of benzene rings is 2. The van der Waals surface area contributed by atoms with E-state index >= 15 is 0 Å². The maximum atomic E-state index is 10.4.